The van der Waals surface area contributed by atoms with Gasteiger partial charge in [0.1, 0.15) is 0 Å². The van der Waals surface area contributed by atoms with Crippen molar-refractivity contribution in [2.24, 2.45) is 0 Å². The predicted octanol–water partition coefficient (Wildman–Crippen LogP) is 1.66. The van der Waals surface area contributed by atoms with E-state index in [1.54, 1.807) is 13.0 Å². The zero-order chi connectivity index (χ0) is 13.7. The summed E-state index contributed by atoms with van der Waals surface area (Å²) in [6, 6.07) is 12.9. The van der Waals surface area contributed by atoms with Crippen LogP contribution in [0.25, 0.3) is 0 Å². The van der Waals surface area contributed by atoms with Gasteiger partial charge < -0.3 is 10.3 Å². The summed E-state index contributed by atoms with van der Waals surface area (Å²) in [5, 5.41) is 2.81. The van der Waals surface area contributed by atoms with Gasteiger partial charge in [-0.05, 0) is 25.0 Å². The highest BCUT2D eigenvalue weighted by molar-refractivity contribution is 5.94. The summed E-state index contributed by atoms with van der Waals surface area (Å²) in [5.41, 5.74) is 1.99. The van der Waals surface area contributed by atoms with E-state index in [0.717, 1.165) is 6.42 Å². The molecule has 0 aliphatic rings. The number of hydrogen-bond acceptors (Lipinski definition) is 2. The van der Waals surface area contributed by atoms with Crippen LogP contribution < -0.4 is 10.9 Å². The van der Waals surface area contributed by atoms with E-state index >= 15 is 0 Å². The molecule has 19 heavy (non-hydrogen) atoms. The van der Waals surface area contributed by atoms with E-state index in [-0.39, 0.29) is 11.5 Å². The minimum Gasteiger partial charge on any atom is -0.352 e. The molecule has 1 heterocycles. The zero-order valence-electron chi connectivity index (χ0n) is 10.8. The van der Waals surface area contributed by atoms with Crippen molar-refractivity contribution in [2.75, 3.05) is 6.54 Å². The van der Waals surface area contributed by atoms with Gasteiger partial charge >= 0.3 is 0 Å². The molecule has 0 spiro atoms. The summed E-state index contributed by atoms with van der Waals surface area (Å²) in [4.78, 5) is 25.8. The molecular weight excluding hydrogens is 240 g/mol. The number of carbonyl (C=O) groups excluding carboxylic acids is 1. The van der Waals surface area contributed by atoms with Gasteiger partial charge in [-0.3, -0.25) is 9.59 Å². The molecule has 98 valence electrons. The molecule has 0 atom stereocenters. The zero-order valence-corrected chi connectivity index (χ0v) is 10.8. The highest BCUT2D eigenvalue weighted by Gasteiger charge is 2.06. The maximum atomic E-state index is 11.9. The lowest BCUT2D eigenvalue weighted by molar-refractivity contribution is 0.0954. The largest absolute Gasteiger partial charge is 0.352 e. The number of aryl methyl sites for hydroxylation is 1. The van der Waals surface area contributed by atoms with Gasteiger partial charge in [0.2, 0.25) is 5.56 Å². The smallest absolute Gasteiger partial charge is 0.251 e. The van der Waals surface area contributed by atoms with Gasteiger partial charge in [-0.1, -0.05) is 30.3 Å². The highest BCUT2D eigenvalue weighted by atomic mass is 16.2. The summed E-state index contributed by atoms with van der Waals surface area (Å²) in [7, 11) is 0. The molecule has 2 aromatic rings. The molecule has 1 aromatic carbocycles. The van der Waals surface area contributed by atoms with Crippen LogP contribution in [0.4, 0.5) is 0 Å². The van der Waals surface area contributed by atoms with Crippen LogP contribution in [0.15, 0.2) is 47.3 Å². The van der Waals surface area contributed by atoms with Crippen molar-refractivity contribution in [2.45, 2.75) is 13.3 Å². The number of nitrogens with one attached hydrogen (secondary N) is 2. The van der Waals surface area contributed by atoms with Crippen LogP contribution in [0.1, 0.15) is 21.6 Å². The van der Waals surface area contributed by atoms with E-state index in [4.69, 9.17) is 0 Å². The Bertz CT molecular complexity index is 618. The molecule has 4 heteroatoms. The molecule has 0 aliphatic carbocycles. The van der Waals surface area contributed by atoms with Gasteiger partial charge in [-0.2, -0.15) is 0 Å². The Labute approximate surface area is 111 Å². The number of rotatable bonds is 4. The Morgan fingerprint density at radius 3 is 2.63 bits per heavy atom. The second-order valence-electron chi connectivity index (χ2n) is 4.41. The average molecular weight is 256 g/mol. The lowest BCUT2D eigenvalue weighted by Gasteiger charge is -2.05. The number of hydrogen-bond donors (Lipinski definition) is 2. The van der Waals surface area contributed by atoms with Crippen molar-refractivity contribution in [1.82, 2.24) is 10.3 Å². The molecule has 2 N–H and O–H groups in total. The van der Waals surface area contributed by atoms with Gasteiger partial charge in [0.05, 0.1) is 0 Å². The number of aromatic amines is 1. The summed E-state index contributed by atoms with van der Waals surface area (Å²) < 4.78 is 0. The summed E-state index contributed by atoms with van der Waals surface area (Å²) in [5.74, 6) is -0.217. The fourth-order valence-electron chi connectivity index (χ4n) is 1.88. The molecule has 0 unspecified atom stereocenters. The third kappa shape index (κ3) is 3.81. The van der Waals surface area contributed by atoms with Gasteiger partial charge in [0.25, 0.3) is 5.91 Å². The minimum atomic E-state index is -0.256. The van der Waals surface area contributed by atoms with Crippen molar-refractivity contribution in [3.63, 3.8) is 0 Å². The Hall–Kier alpha value is -2.36. The maximum Gasteiger partial charge on any atom is 0.251 e. The van der Waals surface area contributed by atoms with Crippen LogP contribution in [0, 0.1) is 6.92 Å². The quantitative estimate of drug-likeness (QED) is 0.873. The lowest BCUT2D eigenvalue weighted by atomic mass is 10.1. The molecule has 1 aromatic heterocycles. The van der Waals surface area contributed by atoms with Crippen molar-refractivity contribution < 1.29 is 4.79 Å². The molecule has 1 amide bonds. The van der Waals surface area contributed by atoms with Crippen molar-refractivity contribution in [3.05, 3.63) is 69.6 Å². The Kier molecular flexibility index (Phi) is 4.13. The molecular formula is C15H16N2O2. The van der Waals surface area contributed by atoms with Crippen LogP contribution in [-0.4, -0.2) is 17.4 Å². The van der Waals surface area contributed by atoms with Crippen molar-refractivity contribution in [1.29, 1.82) is 0 Å². The second-order valence-corrected chi connectivity index (χ2v) is 4.41. The third-order valence-corrected chi connectivity index (χ3v) is 2.78. The monoisotopic (exact) mass is 256 g/mol. The first-order valence-electron chi connectivity index (χ1n) is 6.18. The van der Waals surface area contributed by atoms with Crippen LogP contribution in [0.5, 0.6) is 0 Å². The molecule has 0 saturated carbocycles. The topological polar surface area (TPSA) is 62.0 Å². The number of H-pyrrole nitrogens is 1. The predicted molar refractivity (Wildman–Crippen MR) is 74.3 cm³/mol. The fourth-order valence-corrected chi connectivity index (χ4v) is 1.88. The first-order chi connectivity index (χ1) is 9.15. The van der Waals surface area contributed by atoms with Gasteiger partial charge in [-0.25, -0.2) is 0 Å². The Balaban J connectivity index is 1.93. The highest BCUT2D eigenvalue weighted by Crippen LogP contribution is 2.00. The molecule has 0 radical (unpaired) electrons. The fraction of sp³-hybridized carbons (Fsp3) is 0.200. The number of amides is 1. The minimum absolute atomic E-state index is 0.217. The van der Waals surface area contributed by atoms with Crippen LogP contribution >= 0.6 is 0 Å². The van der Waals surface area contributed by atoms with E-state index in [9.17, 15) is 9.59 Å². The van der Waals surface area contributed by atoms with Crippen molar-refractivity contribution >= 4 is 5.91 Å². The molecule has 0 aliphatic heterocycles. The lowest BCUT2D eigenvalue weighted by Crippen LogP contribution is -2.27. The molecule has 2 rings (SSSR count). The van der Waals surface area contributed by atoms with Gasteiger partial charge in [-0.15, -0.1) is 0 Å². The summed E-state index contributed by atoms with van der Waals surface area (Å²) in [6.07, 6.45) is 0.773. The maximum absolute atomic E-state index is 11.9. The van der Waals surface area contributed by atoms with Crippen LogP contribution in [0.3, 0.4) is 0 Å². The normalized spacial score (nSPS) is 10.2. The van der Waals surface area contributed by atoms with Crippen LogP contribution in [-0.2, 0) is 6.42 Å². The molecule has 0 saturated heterocycles. The van der Waals surface area contributed by atoms with E-state index in [1.165, 1.54) is 11.6 Å². The number of aromatic nitrogens is 1. The third-order valence-electron chi connectivity index (χ3n) is 2.78. The Morgan fingerprint density at radius 2 is 1.95 bits per heavy atom. The van der Waals surface area contributed by atoms with Crippen LogP contribution in [0.2, 0.25) is 0 Å². The SMILES string of the molecule is Cc1cc(C(=O)NCCc2ccccc2)cc(=O)[nH]1. The summed E-state index contributed by atoms with van der Waals surface area (Å²) >= 11 is 0. The van der Waals surface area contributed by atoms with Crippen molar-refractivity contribution in [3.8, 4) is 0 Å². The first kappa shape index (κ1) is 13.1. The van der Waals surface area contributed by atoms with Gasteiger partial charge in [0.15, 0.2) is 0 Å². The first-order valence-corrected chi connectivity index (χ1v) is 6.18. The number of carbonyl (C=O) groups is 1. The number of benzene rings is 1. The standard InChI is InChI=1S/C15H16N2O2/c1-11-9-13(10-14(18)17-11)15(19)16-8-7-12-5-3-2-4-6-12/h2-6,9-10H,7-8H2,1H3,(H,16,19)(H,17,18). The average Bonchev–Trinajstić information content (AvgIpc) is 2.38. The van der Waals surface area contributed by atoms with E-state index < -0.39 is 0 Å². The van der Waals surface area contributed by atoms with E-state index in [0.29, 0.717) is 17.8 Å². The second kappa shape index (κ2) is 6.00. The van der Waals surface area contributed by atoms with E-state index in [1.807, 2.05) is 30.3 Å². The number of pyridine rings is 1. The molecule has 4 nitrogen and oxygen atoms in total. The van der Waals surface area contributed by atoms with Gasteiger partial charge in [0, 0.05) is 23.9 Å². The molecule has 0 fully saturated rings. The molecule has 0 bridgehead atoms. The summed E-state index contributed by atoms with van der Waals surface area (Å²) in [6.45, 7) is 2.30. The Morgan fingerprint density at radius 1 is 1.21 bits per heavy atom. The van der Waals surface area contributed by atoms with E-state index in [2.05, 4.69) is 10.3 Å².